The summed E-state index contributed by atoms with van der Waals surface area (Å²) in [4.78, 5) is 13.0. The van der Waals surface area contributed by atoms with Crippen LogP contribution >= 0.6 is 11.8 Å². The quantitative estimate of drug-likeness (QED) is 0.660. The highest BCUT2D eigenvalue weighted by Crippen LogP contribution is 2.27. The number of amides is 1. The molecular formula is C21H29N5O3S2. The Morgan fingerprint density at radius 1 is 1.00 bits per heavy atom. The van der Waals surface area contributed by atoms with Crippen LogP contribution in [0.2, 0.25) is 0 Å². The third-order valence-electron chi connectivity index (χ3n) is 5.80. The standard InChI is InChI=1S/C21H29N5O3S2/c1-16(30-21-24-23-19-8-4-2-7-15-26(19)21)20(27)22-17-9-11-18(12-10-17)31(28,29)25-13-5-3-6-14-25/h9-12,16H,2-8,13-15H2,1H3,(H,22,27). The molecule has 0 bridgehead atoms. The zero-order chi connectivity index (χ0) is 21.8. The molecule has 4 rings (SSSR count). The van der Waals surface area contributed by atoms with Gasteiger partial charge in [-0.15, -0.1) is 10.2 Å². The molecule has 2 aliphatic rings. The molecule has 2 aliphatic heterocycles. The summed E-state index contributed by atoms with van der Waals surface area (Å²) >= 11 is 1.40. The zero-order valence-electron chi connectivity index (χ0n) is 17.8. The number of sulfonamides is 1. The van der Waals surface area contributed by atoms with E-state index in [2.05, 4.69) is 20.1 Å². The summed E-state index contributed by atoms with van der Waals surface area (Å²) in [5, 5.41) is 11.9. The smallest absolute Gasteiger partial charge is 0.243 e. The minimum absolute atomic E-state index is 0.150. The molecule has 1 unspecified atom stereocenters. The molecule has 1 aromatic heterocycles. The van der Waals surface area contributed by atoms with E-state index >= 15 is 0 Å². The Bertz CT molecular complexity index is 1010. The second-order valence-corrected chi connectivity index (χ2v) is 11.3. The molecule has 0 radical (unpaired) electrons. The number of nitrogens with one attached hydrogen (secondary N) is 1. The number of rotatable bonds is 6. The minimum atomic E-state index is -3.47. The monoisotopic (exact) mass is 463 g/mol. The third-order valence-corrected chi connectivity index (χ3v) is 8.79. The van der Waals surface area contributed by atoms with Crippen LogP contribution in [0, 0.1) is 0 Å². The first kappa shape index (κ1) is 22.3. The molecule has 1 aromatic carbocycles. The van der Waals surface area contributed by atoms with Crippen molar-refractivity contribution in [3.63, 3.8) is 0 Å². The van der Waals surface area contributed by atoms with E-state index in [0.29, 0.717) is 18.8 Å². The van der Waals surface area contributed by atoms with Crippen molar-refractivity contribution in [3.05, 3.63) is 30.1 Å². The van der Waals surface area contributed by atoms with Crippen LogP contribution in [0.3, 0.4) is 0 Å². The van der Waals surface area contributed by atoms with Crippen molar-refractivity contribution in [3.8, 4) is 0 Å². The summed E-state index contributed by atoms with van der Waals surface area (Å²) in [5.74, 6) is 0.848. The topological polar surface area (TPSA) is 97.2 Å². The van der Waals surface area contributed by atoms with Crippen LogP contribution < -0.4 is 5.32 Å². The normalized spacial score (nSPS) is 18.7. The molecule has 10 heteroatoms. The molecule has 1 N–H and O–H groups in total. The fourth-order valence-corrected chi connectivity index (χ4v) is 6.38. The fourth-order valence-electron chi connectivity index (χ4n) is 3.97. The zero-order valence-corrected chi connectivity index (χ0v) is 19.4. The molecule has 0 aliphatic carbocycles. The van der Waals surface area contributed by atoms with E-state index in [-0.39, 0.29) is 16.1 Å². The van der Waals surface area contributed by atoms with Crippen molar-refractivity contribution in [2.75, 3.05) is 18.4 Å². The van der Waals surface area contributed by atoms with Crippen molar-refractivity contribution >= 4 is 33.4 Å². The van der Waals surface area contributed by atoms with Gasteiger partial charge in [0.25, 0.3) is 0 Å². The molecule has 168 valence electrons. The number of hydrogen-bond donors (Lipinski definition) is 1. The van der Waals surface area contributed by atoms with Gasteiger partial charge in [-0.1, -0.05) is 24.6 Å². The number of aromatic nitrogens is 3. The third kappa shape index (κ3) is 5.12. The van der Waals surface area contributed by atoms with E-state index in [1.165, 1.54) is 18.2 Å². The number of benzene rings is 1. The minimum Gasteiger partial charge on any atom is -0.325 e. The maximum absolute atomic E-state index is 12.8. The van der Waals surface area contributed by atoms with Crippen LogP contribution in [-0.2, 0) is 27.8 Å². The first-order chi connectivity index (χ1) is 14.9. The Kier molecular flexibility index (Phi) is 6.98. The van der Waals surface area contributed by atoms with Gasteiger partial charge in [0.05, 0.1) is 10.1 Å². The molecule has 1 fully saturated rings. The predicted octanol–water partition coefficient (Wildman–Crippen LogP) is 3.30. The Labute approximate surface area is 187 Å². The summed E-state index contributed by atoms with van der Waals surface area (Å²) in [6, 6.07) is 6.43. The average molecular weight is 464 g/mol. The summed E-state index contributed by atoms with van der Waals surface area (Å²) in [7, 11) is -3.47. The molecule has 0 spiro atoms. The van der Waals surface area contributed by atoms with Crippen LogP contribution in [0.5, 0.6) is 0 Å². The Morgan fingerprint density at radius 3 is 2.42 bits per heavy atom. The number of anilines is 1. The number of aryl methyl sites for hydroxylation is 1. The molecular weight excluding hydrogens is 434 g/mol. The maximum Gasteiger partial charge on any atom is 0.243 e. The number of hydrogen-bond acceptors (Lipinski definition) is 6. The summed E-state index contributed by atoms with van der Waals surface area (Å²) in [6.07, 6.45) is 7.23. The predicted molar refractivity (Wildman–Crippen MR) is 121 cm³/mol. The van der Waals surface area contributed by atoms with Crippen LogP contribution in [-0.4, -0.2) is 51.7 Å². The SMILES string of the molecule is CC(Sc1nnc2n1CCCCC2)C(=O)Nc1ccc(S(=O)(=O)N2CCCCC2)cc1. The van der Waals surface area contributed by atoms with Crippen LogP contribution in [0.15, 0.2) is 34.3 Å². The summed E-state index contributed by atoms with van der Waals surface area (Å²) in [5.41, 5.74) is 0.579. The van der Waals surface area contributed by atoms with Gasteiger partial charge in [-0.3, -0.25) is 4.79 Å². The number of nitrogens with zero attached hydrogens (tertiary/aromatic N) is 4. The van der Waals surface area contributed by atoms with E-state index in [1.54, 1.807) is 28.6 Å². The van der Waals surface area contributed by atoms with E-state index in [0.717, 1.165) is 56.1 Å². The van der Waals surface area contributed by atoms with Crippen molar-refractivity contribution in [1.82, 2.24) is 19.1 Å². The van der Waals surface area contributed by atoms with Crippen LogP contribution in [0.4, 0.5) is 5.69 Å². The van der Waals surface area contributed by atoms with E-state index in [9.17, 15) is 13.2 Å². The number of piperidine rings is 1. The average Bonchev–Trinajstić information content (AvgIpc) is 3.00. The molecule has 1 saturated heterocycles. The van der Waals surface area contributed by atoms with Crippen LogP contribution in [0.25, 0.3) is 0 Å². The number of carbonyl (C=O) groups is 1. The Morgan fingerprint density at radius 2 is 1.68 bits per heavy atom. The lowest BCUT2D eigenvalue weighted by Gasteiger charge is -2.25. The van der Waals surface area contributed by atoms with Crippen molar-refractivity contribution in [1.29, 1.82) is 0 Å². The molecule has 0 saturated carbocycles. The van der Waals surface area contributed by atoms with Gasteiger partial charge in [-0.2, -0.15) is 4.31 Å². The maximum atomic E-state index is 12.8. The molecule has 1 amide bonds. The van der Waals surface area contributed by atoms with Gasteiger partial charge in [-0.25, -0.2) is 8.42 Å². The lowest BCUT2D eigenvalue weighted by Crippen LogP contribution is -2.35. The van der Waals surface area contributed by atoms with Gasteiger partial charge < -0.3 is 9.88 Å². The van der Waals surface area contributed by atoms with Gasteiger partial charge in [-0.05, 0) is 56.9 Å². The number of carbonyl (C=O) groups excluding carboxylic acids is 1. The van der Waals surface area contributed by atoms with Gasteiger partial charge in [0.2, 0.25) is 15.9 Å². The van der Waals surface area contributed by atoms with Gasteiger partial charge in [0.15, 0.2) is 5.16 Å². The lowest BCUT2D eigenvalue weighted by atomic mass is 10.2. The second-order valence-electron chi connectivity index (χ2n) is 8.10. The highest BCUT2D eigenvalue weighted by molar-refractivity contribution is 8.00. The molecule has 2 aromatic rings. The van der Waals surface area contributed by atoms with E-state index in [1.807, 2.05) is 6.92 Å². The first-order valence-corrected chi connectivity index (χ1v) is 13.3. The van der Waals surface area contributed by atoms with Gasteiger partial charge in [0.1, 0.15) is 5.82 Å². The van der Waals surface area contributed by atoms with Crippen molar-refractivity contribution < 1.29 is 13.2 Å². The van der Waals surface area contributed by atoms with E-state index in [4.69, 9.17) is 0 Å². The number of thioether (sulfide) groups is 1. The van der Waals surface area contributed by atoms with Gasteiger partial charge >= 0.3 is 0 Å². The lowest BCUT2D eigenvalue weighted by molar-refractivity contribution is -0.115. The highest BCUT2D eigenvalue weighted by atomic mass is 32.2. The van der Waals surface area contributed by atoms with E-state index < -0.39 is 10.0 Å². The highest BCUT2D eigenvalue weighted by Gasteiger charge is 2.26. The first-order valence-electron chi connectivity index (χ1n) is 10.9. The molecule has 1 atom stereocenters. The van der Waals surface area contributed by atoms with Crippen molar-refractivity contribution in [2.45, 2.75) is 73.7 Å². The van der Waals surface area contributed by atoms with Gasteiger partial charge in [0, 0.05) is 31.7 Å². The summed E-state index contributed by atoms with van der Waals surface area (Å²) in [6.45, 7) is 3.88. The molecule has 8 nitrogen and oxygen atoms in total. The molecule has 31 heavy (non-hydrogen) atoms. The van der Waals surface area contributed by atoms with Crippen LogP contribution in [0.1, 0.15) is 51.3 Å². The Hall–Kier alpha value is -1.91. The van der Waals surface area contributed by atoms with Crippen molar-refractivity contribution in [2.24, 2.45) is 0 Å². The Balaban J connectivity index is 1.38. The molecule has 3 heterocycles. The summed E-state index contributed by atoms with van der Waals surface area (Å²) < 4.78 is 29.2. The fraction of sp³-hybridized carbons (Fsp3) is 0.571. The second kappa shape index (κ2) is 9.70. The number of fused-ring (bicyclic) bond motifs is 1. The largest absolute Gasteiger partial charge is 0.325 e.